The van der Waals surface area contributed by atoms with Gasteiger partial charge in [-0.15, -0.1) is 0 Å². The van der Waals surface area contributed by atoms with Crippen LogP contribution in [-0.2, 0) is 5.41 Å². The number of hydrogen-bond donors (Lipinski definition) is 0. The third-order valence-corrected chi connectivity index (χ3v) is 10.9. The maximum absolute atomic E-state index is 6.20. The first kappa shape index (κ1) is 26.1. The van der Waals surface area contributed by atoms with E-state index in [1.165, 1.54) is 71.6 Å². The van der Waals surface area contributed by atoms with Crippen molar-refractivity contribution in [2.45, 2.75) is 19.3 Å². The minimum atomic E-state index is -0.0667. The van der Waals surface area contributed by atoms with Crippen LogP contribution in [-0.4, -0.2) is 9.13 Å². The zero-order chi connectivity index (χ0) is 31.7. The first-order valence-corrected chi connectivity index (χ1v) is 16.7. The zero-order valence-corrected chi connectivity index (χ0v) is 26.7. The van der Waals surface area contributed by atoms with Gasteiger partial charge in [0.05, 0.1) is 22.1 Å². The maximum atomic E-state index is 6.20. The molecule has 3 heteroatoms. The highest BCUT2D eigenvalue weighted by atomic mass is 16.3. The summed E-state index contributed by atoms with van der Waals surface area (Å²) in [6.07, 6.45) is 0. The quantitative estimate of drug-likeness (QED) is 0.190. The van der Waals surface area contributed by atoms with Gasteiger partial charge in [-0.2, -0.15) is 0 Å². The molecule has 7 aromatic carbocycles. The summed E-state index contributed by atoms with van der Waals surface area (Å²) in [6.45, 7) is 4.71. The van der Waals surface area contributed by atoms with Crippen LogP contribution in [0.25, 0.3) is 88.1 Å². The minimum Gasteiger partial charge on any atom is -0.456 e. The van der Waals surface area contributed by atoms with Crippen LogP contribution in [0.15, 0.2) is 150 Å². The Morgan fingerprint density at radius 1 is 0.417 bits per heavy atom. The maximum Gasteiger partial charge on any atom is 0.135 e. The summed E-state index contributed by atoms with van der Waals surface area (Å²) in [5.74, 6) is 0. The third-order valence-electron chi connectivity index (χ3n) is 10.9. The molecule has 0 fully saturated rings. The molecule has 0 unspecified atom stereocenters. The molecule has 0 atom stereocenters. The average molecular weight is 615 g/mol. The van der Waals surface area contributed by atoms with Gasteiger partial charge < -0.3 is 13.6 Å². The lowest BCUT2D eigenvalue weighted by Gasteiger charge is -2.22. The van der Waals surface area contributed by atoms with Gasteiger partial charge in [-0.1, -0.05) is 98.8 Å². The SMILES string of the molecule is CC1(C)c2ccccc2-c2ccc(-n3c4ccccc4c4c5c6ccccc6n(-c6ccc7oc8ccccc8c7c6)c5ccc43)cc21. The number of benzene rings is 7. The minimum absolute atomic E-state index is 0.0667. The van der Waals surface area contributed by atoms with Crippen molar-refractivity contribution >= 4 is 65.6 Å². The molecule has 1 aliphatic rings. The number of nitrogens with zero attached hydrogens (tertiary/aromatic N) is 2. The molecule has 0 amide bonds. The Balaban J connectivity index is 1.22. The number of hydrogen-bond acceptors (Lipinski definition) is 1. The van der Waals surface area contributed by atoms with Gasteiger partial charge in [0.15, 0.2) is 0 Å². The van der Waals surface area contributed by atoms with Gasteiger partial charge >= 0.3 is 0 Å². The van der Waals surface area contributed by atoms with Crippen LogP contribution in [0, 0.1) is 0 Å². The fourth-order valence-corrected chi connectivity index (χ4v) is 8.76. The van der Waals surface area contributed by atoms with Crippen molar-refractivity contribution in [3.63, 3.8) is 0 Å². The van der Waals surface area contributed by atoms with E-state index in [4.69, 9.17) is 4.42 Å². The number of aromatic nitrogens is 2. The van der Waals surface area contributed by atoms with Gasteiger partial charge in [0.25, 0.3) is 0 Å². The molecule has 3 nitrogen and oxygen atoms in total. The smallest absolute Gasteiger partial charge is 0.135 e. The Morgan fingerprint density at radius 2 is 0.958 bits per heavy atom. The van der Waals surface area contributed by atoms with Crippen molar-refractivity contribution in [2.75, 3.05) is 0 Å². The summed E-state index contributed by atoms with van der Waals surface area (Å²) in [6, 6.07) is 53.2. The summed E-state index contributed by atoms with van der Waals surface area (Å²) in [7, 11) is 0. The number of fused-ring (bicyclic) bond motifs is 13. The second-order valence-electron chi connectivity index (χ2n) is 13.7. The van der Waals surface area contributed by atoms with Gasteiger partial charge in [0, 0.05) is 49.1 Å². The van der Waals surface area contributed by atoms with E-state index in [0.717, 1.165) is 27.6 Å². The molecule has 1 aliphatic carbocycles. The summed E-state index contributed by atoms with van der Waals surface area (Å²) in [4.78, 5) is 0. The van der Waals surface area contributed by atoms with Crippen molar-refractivity contribution in [1.82, 2.24) is 9.13 Å². The number of para-hydroxylation sites is 3. The standard InChI is InChI=1S/C45H30N2O/c1-45(2)35-15-7-3-11-29(35)30-21-19-28(26-36(30)45)47-38-17-9-5-14-33(38)44-40(47)23-22-39-43(44)32-13-4-8-16-37(32)46(39)27-20-24-42-34(25-27)31-12-6-10-18-41(31)48-42/h3-26H,1-2H3. The molecule has 3 aromatic heterocycles. The van der Waals surface area contributed by atoms with E-state index in [-0.39, 0.29) is 5.41 Å². The molecule has 0 spiro atoms. The molecule has 11 rings (SSSR count). The Bertz CT molecular complexity index is 2980. The molecular weight excluding hydrogens is 585 g/mol. The van der Waals surface area contributed by atoms with Crippen LogP contribution in [0.3, 0.4) is 0 Å². The van der Waals surface area contributed by atoms with E-state index >= 15 is 0 Å². The Labute approximate surface area is 276 Å². The lowest BCUT2D eigenvalue weighted by molar-refractivity contribution is 0.660. The Morgan fingerprint density at radius 3 is 1.69 bits per heavy atom. The molecule has 0 N–H and O–H groups in total. The van der Waals surface area contributed by atoms with Crippen LogP contribution < -0.4 is 0 Å². The summed E-state index contributed by atoms with van der Waals surface area (Å²) in [5.41, 5.74) is 14.4. The molecule has 0 saturated carbocycles. The molecule has 0 aliphatic heterocycles. The number of furan rings is 1. The van der Waals surface area contributed by atoms with Gasteiger partial charge in [0.2, 0.25) is 0 Å². The average Bonchev–Trinajstić information content (AvgIpc) is 3.83. The van der Waals surface area contributed by atoms with E-state index in [1.807, 2.05) is 12.1 Å². The van der Waals surface area contributed by atoms with Crippen molar-refractivity contribution in [2.24, 2.45) is 0 Å². The molecule has 226 valence electrons. The van der Waals surface area contributed by atoms with Gasteiger partial charge in [0.1, 0.15) is 11.2 Å². The predicted octanol–water partition coefficient (Wildman–Crippen LogP) is 12.1. The van der Waals surface area contributed by atoms with Crippen molar-refractivity contribution in [1.29, 1.82) is 0 Å². The summed E-state index contributed by atoms with van der Waals surface area (Å²) in [5, 5.41) is 7.36. The lowest BCUT2D eigenvalue weighted by Crippen LogP contribution is -2.15. The second-order valence-corrected chi connectivity index (χ2v) is 13.7. The number of rotatable bonds is 2. The first-order valence-electron chi connectivity index (χ1n) is 16.7. The molecule has 3 heterocycles. The molecular formula is C45H30N2O. The second kappa shape index (κ2) is 9.05. The van der Waals surface area contributed by atoms with Gasteiger partial charge in [-0.25, -0.2) is 0 Å². The highest BCUT2D eigenvalue weighted by Crippen LogP contribution is 2.50. The van der Waals surface area contributed by atoms with Crippen molar-refractivity contribution < 1.29 is 4.42 Å². The van der Waals surface area contributed by atoms with Gasteiger partial charge in [-0.3, -0.25) is 0 Å². The molecule has 48 heavy (non-hydrogen) atoms. The largest absolute Gasteiger partial charge is 0.456 e. The van der Waals surface area contributed by atoms with E-state index in [9.17, 15) is 0 Å². The van der Waals surface area contributed by atoms with E-state index in [1.54, 1.807) is 0 Å². The Hall–Kier alpha value is -6.06. The van der Waals surface area contributed by atoms with E-state index in [2.05, 4.69) is 156 Å². The van der Waals surface area contributed by atoms with E-state index in [0.29, 0.717) is 0 Å². The monoisotopic (exact) mass is 614 g/mol. The fourth-order valence-electron chi connectivity index (χ4n) is 8.76. The lowest BCUT2D eigenvalue weighted by atomic mass is 9.82. The zero-order valence-electron chi connectivity index (χ0n) is 26.7. The van der Waals surface area contributed by atoms with Crippen LogP contribution in [0.5, 0.6) is 0 Å². The van der Waals surface area contributed by atoms with E-state index < -0.39 is 0 Å². The van der Waals surface area contributed by atoms with Gasteiger partial charge in [-0.05, 0) is 82.9 Å². The van der Waals surface area contributed by atoms with Crippen molar-refractivity contribution in [3.8, 4) is 22.5 Å². The Kier molecular flexibility index (Phi) is 4.91. The topological polar surface area (TPSA) is 23.0 Å². The van der Waals surface area contributed by atoms with Crippen LogP contribution in [0.4, 0.5) is 0 Å². The molecule has 0 bridgehead atoms. The summed E-state index contributed by atoms with van der Waals surface area (Å²) < 4.78 is 11.1. The molecule has 10 aromatic rings. The van der Waals surface area contributed by atoms with Crippen molar-refractivity contribution in [3.05, 3.63) is 157 Å². The third kappa shape index (κ3) is 3.23. The molecule has 0 saturated heterocycles. The highest BCUT2D eigenvalue weighted by Gasteiger charge is 2.35. The summed E-state index contributed by atoms with van der Waals surface area (Å²) >= 11 is 0. The molecule has 0 radical (unpaired) electrons. The van der Waals surface area contributed by atoms with Crippen LogP contribution in [0.1, 0.15) is 25.0 Å². The predicted molar refractivity (Wildman–Crippen MR) is 200 cm³/mol. The van der Waals surface area contributed by atoms with Crippen LogP contribution in [0.2, 0.25) is 0 Å². The van der Waals surface area contributed by atoms with Crippen LogP contribution >= 0.6 is 0 Å². The normalized spacial score (nSPS) is 13.8. The fraction of sp³-hybridized carbons (Fsp3) is 0.0667. The first-order chi connectivity index (χ1) is 23.6. The highest BCUT2D eigenvalue weighted by molar-refractivity contribution is 6.29.